The summed E-state index contributed by atoms with van der Waals surface area (Å²) in [4.78, 5) is 12.6. The standard InChI is InChI=1S/C10H15N7/c1-4-12-10-15-9(11)17(16-10)8-5-6(2)13-7(3)14-8/h5H,4H2,1-3H3,(H3,11,12,15,16). The molecule has 0 fully saturated rings. The van der Waals surface area contributed by atoms with E-state index in [0.29, 0.717) is 23.5 Å². The number of nitrogens with one attached hydrogen (secondary N) is 1. The Kier molecular flexibility index (Phi) is 2.90. The molecule has 17 heavy (non-hydrogen) atoms. The van der Waals surface area contributed by atoms with Crippen LogP contribution in [0.3, 0.4) is 0 Å². The van der Waals surface area contributed by atoms with E-state index in [1.54, 1.807) is 0 Å². The highest BCUT2D eigenvalue weighted by Gasteiger charge is 2.10. The number of nitrogens with zero attached hydrogens (tertiary/aromatic N) is 5. The number of anilines is 2. The van der Waals surface area contributed by atoms with Crippen LogP contribution in [0.4, 0.5) is 11.9 Å². The molecule has 2 rings (SSSR count). The van der Waals surface area contributed by atoms with Crippen molar-refractivity contribution in [3.05, 3.63) is 17.6 Å². The number of hydrogen-bond acceptors (Lipinski definition) is 6. The van der Waals surface area contributed by atoms with E-state index < -0.39 is 0 Å². The number of rotatable bonds is 3. The first kappa shape index (κ1) is 11.3. The van der Waals surface area contributed by atoms with Gasteiger partial charge in [0, 0.05) is 18.3 Å². The van der Waals surface area contributed by atoms with Gasteiger partial charge in [-0.25, -0.2) is 9.97 Å². The van der Waals surface area contributed by atoms with Crippen LogP contribution in [0.25, 0.3) is 5.82 Å². The third kappa shape index (κ3) is 2.32. The molecule has 0 aliphatic heterocycles. The predicted octanol–water partition coefficient (Wildman–Crippen LogP) is 0.688. The molecule has 0 bridgehead atoms. The lowest BCUT2D eigenvalue weighted by molar-refractivity contribution is 0.830. The van der Waals surface area contributed by atoms with Crippen molar-refractivity contribution in [2.75, 3.05) is 17.6 Å². The van der Waals surface area contributed by atoms with Crippen LogP contribution in [-0.4, -0.2) is 31.3 Å². The van der Waals surface area contributed by atoms with Gasteiger partial charge in [-0.3, -0.25) is 0 Å². The Balaban J connectivity index is 2.44. The fourth-order valence-electron chi connectivity index (χ4n) is 1.53. The molecule has 2 heterocycles. The van der Waals surface area contributed by atoms with Gasteiger partial charge in [-0.2, -0.15) is 9.67 Å². The van der Waals surface area contributed by atoms with Crippen molar-refractivity contribution in [2.45, 2.75) is 20.8 Å². The fourth-order valence-corrected chi connectivity index (χ4v) is 1.53. The first-order valence-electron chi connectivity index (χ1n) is 5.39. The monoisotopic (exact) mass is 233 g/mol. The molecular formula is C10H15N7. The number of nitrogen functional groups attached to an aromatic ring is 1. The minimum atomic E-state index is 0.304. The van der Waals surface area contributed by atoms with Crippen molar-refractivity contribution in [3.63, 3.8) is 0 Å². The van der Waals surface area contributed by atoms with Crippen molar-refractivity contribution in [1.82, 2.24) is 24.7 Å². The SMILES string of the molecule is CCNc1nc(N)n(-c2cc(C)nc(C)n2)n1. The Bertz CT molecular complexity index is 511. The lowest BCUT2D eigenvalue weighted by Crippen LogP contribution is -2.07. The quantitative estimate of drug-likeness (QED) is 0.809. The molecule has 0 amide bonds. The van der Waals surface area contributed by atoms with Crippen LogP contribution in [0.5, 0.6) is 0 Å². The molecule has 2 aromatic heterocycles. The summed E-state index contributed by atoms with van der Waals surface area (Å²) in [6, 6.07) is 1.81. The molecule has 0 unspecified atom stereocenters. The molecule has 7 heteroatoms. The van der Waals surface area contributed by atoms with Crippen molar-refractivity contribution >= 4 is 11.9 Å². The summed E-state index contributed by atoms with van der Waals surface area (Å²) in [5.74, 6) is 2.11. The van der Waals surface area contributed by atoms with Gasteiger partial charge in [-0.15, -0.1) is 5.10 Å². The highest BCUT2D eigenvalue weighted by molar-refractivity contribution is 5.38. The van der Waals surface area contributed by atoms with Crippen LogP contribution in [0.15, 0.2) is 6.07 Å². The van der Waals surface area contributed by atoms with Gasteiger partial charge >= 0.3 is 0 Å². The lowest BCUT2D eigenvalue weighted by Gasteiger charge is -2.03. The van der Waals surface area contributed by atoms with Gasteiger partial charge in [0.05, 0.1) is 0 Å². The average molecular weight is 233 g/mol. The summed E-state index contributed by atoms with van der Waals surface area (Å²) in [5.41, 5.74) is 6.66. The van der Waals surface area contributed by atoms with E-state index >= 15 is 0 Å². The zero-order valence-electron chi connectivity index (χ0n) is 10.1. The second kappa shape index (κ2) is 4.36. The second-order valence-electron chi connectivity index (χ2n) is 3.65. The number of aryl methyl sites for hydroxylation is 2. The van der Waals surface area contributed by atoms with Gasteiger partial charge < -0.3 is 11.1 Å². The Morgan fingerprint density at radius 1 is 1.29 bits per heavy atom. The minimum Gasteiger partial charge on any atom is -0.368 e. The third-order valence-corrected chi connectivity index (χ3v) is 2.14. The van der Waals surface area contributed by atoms with E-state index in [9.17, 15) is 0 Å². The molecule has 3 N–H and O–H groups in total. The van der Waals surface area contributed by atoms with Crippen LogP contribution in [-0.2, 0) is 0 Å². The summed E-state index contributed by atoms with van der Waals surface area (Å²) in [7, 11) is 0. The molecule has 0 spiro atoms. The summed E-state index contributed by atoms with van der Waals surface area (Å²) < 4.78 is 1.50. The van der Waals surface area contributed by atoms with Gasteiger partial charge in [-0.1, -0.05) is 0 Å². The zero-order valence-corrected chi connectivity index (χ0v) is 10.1. The molecule has 0 atom stereocenters. The van der Waals surface area contributed by atoms with E-state index in [1.165, 1.54) is 4.68 Å². The maximum Gasteiger partial charge on any atom is 0.244 e. The number of aromatic nitrogens is 5. The molecule has 0 saturated heterocycles. The van der Waals surface area contributed by atoms with Gasteiger partial charge in [0.15, 0.2) is 5.82 Å². The predicted molar refractivity (Wildman–Crippen MR) is 65.0 cm³/mol. The summed E-state index contributed by atoms with van der Waals surface area (Å²) in [6.45, 7) is 6.44. The zero-order chi connectivity index (χ0) is 12.4. The molecule has 2 aromatic rings. The second-order valence-corrected chi connectivity index (χ2v) is 3.65. The fraction of sp³-hybridized carbons (Fsp3) is 0.400. The summed E-state index contributed by atoms with van der Waals surface area (Å²) >= 11 is 0. The highest BCUT2D eigenvalue weighted by Crippen LogP contribution is 2.12. The average Bonchev–Trinajstić information content (AvgIpc) is 2.58. The first-order chi connectivity index (χ1) is 8.10. The highest BCUT2D eigenvalue weighted by atomic mass is 15.4. The van der Waals surface area contributed by atoms with Crippen LogP contribution in [0.1, 0.15) is 18.4 Å². The Morgan fingerprint density at radius 2 is 2.06 bits per heavy atom. The summed E-state index contributed by atoms with van der Waals surface area (Å²) in [5, 5.41) is 7.23. The molecule has 0 aromatic carbocycles. The van der Waals surface area contributed by atoms with Gasteiger partial charge in [0.2, 0.25) is 11.9 Å². The van der Waals surface area contributed by atoms with E-state index in [0.717, 1.165) is 12.2 Å². The molecule has 0 radical (unpaired) electrons. The molecule has 0 saturated carbocycles. The number of nitrogens with two attached hydrogens (primary N) is 1. The van der Waals surface area contributed by atoms with E-state index in [4.69, 9.17) is 5.73 Å². The van der Waals surface area contributed by atoms with Crippen LogP contribution < -0.4 is 11.1 Å². The maximum atomic E-state index is 5.79. The van der Waals surface area contributed by atoms with Crippen molar-refractivity contribution in [3.8, 4) is 5.82 Å². The van der Waals surface area contributed by atoms with Crippen LogP contribution in [0.2, 0.25) is 0 Å². The molecular weight excluding hydrogens is 218 g/mol. The molecule has 0 aliphatic carbocycles. The van der Waals surface area contributed by atoms with Gasteiger partial charge in [0.25, 0.3) is 0 Å². The van der Waals surface area contributed by atoms with Crippen LogP contribution >= 0.6 is 0 Å². The maximum absolute atomic E-state index is 5.79. The lowest BCUT2D eigenvalue weighted by atomic mass is 10.4. The van der Waals surface area contributed by atoms with E-state index in [-0.39, 0.29) is 0 Å². The molecule has 0 aliphatic rings. The topological polar surface area (TPSA) is 94.5 Å². The Hall–Kier alpha value is -2.18. The number of hydrogen-bond donors (Lipinski definition) is 2. The molecule has 7 nitrogen and oxygen atoms in total. The van der Waals surface area contributed by atoms with Gasteiger partial charge in [-0.05, 0) is 20.8 Å². The normalized spacial score (nSPS) is 10.5. The largest absolute Gasteiger partial charge is 0.368 e. The van der Waals surface area contributed by atoms with Gasteiger partial charge in [0.1, 0.15) is 5.82 Å². The smallest absolute Gasteiger partial charge is 0.244 e. The summed E-state index contributed by atoms with van der Waals surface area (Å²) in [6.07, 6.45) is 0. The Morgan fingerprint density at radius 3 is 2.71 bits per heavy atom. The van der Waals surface area contributed by atoms with E-state index in [1.807, 2.05) is 26.8 Å². The molecule has 90 valence electrons. The van der Waals surface area contributed by atoms with Crippen molar-refractivity contribution < 1.29 is 0 Å². The minimum absolute atomic E-state index is 0.304. The first-order valence-corrected chi connectivity index (χ1v) is 5.39. The van der Waals surface area contributed by atoms with E-state index in [2.05, 4.69) is 25.4 Å². The van der Waals surface area contributed by atoms with Crippen molar-refractivity contribution in [1.29, 1.82) is 0 Å². The van der Waals surface area contributed by atoms with Crippen LogP contribution in [0, 0.1) is 13.8 Å². The third-order valence-electron chi connectivity index (χ3n) is 2.14. The van der Waals surface area contributed by atoms with Crippen molar-refractivity contribution in [2.24, 2.45) is 0 Å². The Labute approximate surface area is 99.1 Å².